The fraction of sp³-hybridized carbons (Fsp3) is 0.435. The number of rotatable bonds is 5. The van der Waals surface area contributed by atoms with Crippen LogP contribution in [0.2, 0.25) is 5.02 Å². The first kappa shape index (κ1) is 19.8. The van der Waals surface area contributed by atoms with E-state index in [0.29, 0.717) is 10.9 Å². The van der Waals surface area contributed by atoms with Crippen molar-refractivity contribution in [1.82, 2.24) is 0 Å². The van der Waals surface area contributed by atoms with Crippen molar-refractivity contribution < 1.29 is 4.74 Å². The molecule has 4 heteroatoms. The van der Waals surface area contributed by atoms with Crippen LogP contribution in [0.15, 0.2) is 41.4 Å². The maximum Gasteiger partial charge on any atom is 0.129 e. The fourth-order valence-electron chi connectivity index (χ4n) is 4.15. The Kier molecular flexibility index (Phi) is 5.81. The molecule has 1 aliphatic rings. The maximum absolute atomic E-state index is 6.07. The third-order valence-electron chi connectivity index (χ3n) is 5.35. The summed E-state index contributed by atoms with van der Waals surface area (Å²) in [5, 5.41) is 0.688. The fourth-order valence-corrected chi connectivity index (χ4v) is 4.34. The number of nitrogens with zero attached hydrogens (tertiary/aromatic N) is 2. The minimum atomic E-state index is 0.143. The first-order valence-electron chi connectivity index (χ1n) is 9.65. The van der Waals surface area contributed by atoms with E-state index < -0.39 is 0 Å². The molecule has 1 heterocycles. The van der Waals surface area contributed by atoms with E-state index in [0.717, 1.165) is 36.4 Å². The highest BCUT2D eigenvalue weighted by molar-refractivity contribution is 6.30. The van der Waals surface area contributed by atoms with Gasteiger partial charge in [-0.2, -0.15) is 0 Å². The van der Waals surface area contributed by atoms with E-state index >= 15 is 0 Å². The molecule has 0 amide bonds. The Balaban J connectivity index is 2.04. The molecule has 27 heavy (non-hydrogen) atoms. The number of ether oxygens (including phenoxy) is 1. The van der Waals surface area contributed by atoms with E-state index in [-0.39, 0.29) is 5.54 Å². The SMILES string of the molecule is CCCN1c2cc(OC)c(C=Nc3cccc(Cl)c3)cc2C(C)CC1(C)C. The van der Waals surface area contributed by atoms with Crippen LogP contribution in [0.1, 0.15) is 57.6 Å². The van der Waals surface area contributed by atoms with Crippen molar-refractivity contribution in [3.8, 4) is 5.75 Å². The van der Waals surface area contributed by atoms with E-state index in [1.165, 1.54) is 11.3 Å². The van der Waals surface area contributed by atoms with Crippen molar-refractivity contribution in [3.05, 3.63) is 52.5 Å². The number of aliphatic imine (C=N–C) groups is 1. The molecule has 0 saturated heterocycles. The highest BCUT2D eigenvalue weighted by Gasteiger charge is 2.36. The third-order valence-corrected chi connectivity index (χ3v) is 5.58. The molecule has 0 aromatic heterocycles. The lowest BCUT2D eigenvalue weighted by Gasteiger charge is -2.47. The molecule has 0 spiro atoms. The summed E-state index contributed by atoms with van der Waals surface area (Å²) in [5.74, 6) is 1.35. The third kappa shape index (κ3) is 4.14. The average molecular weight is 385 g/mol. The van der Waals surface area contributed by atoms with Crippen LogP contribution in [-0.2, 0) is 0 Å². The maximum atomic E-state index is 6.07. The largest absolute Gasteiger partial charge is 0.496 e. The summed E-state index contributed by atoms with van der Waals surface area (Å²) in [6, 6.07) is 12.0. The van der Waals surface area contributed by atoms with Gasteiger partial charge >= 0.3 is 0 Å². The zero-order valence-electron chi connectivity index (χ0n) is 16.9. The van der Waals surface area contributed by atoms with Crippen LogP contribution in [0, 0.1) is 0 Å². The summed E-state index contributed by atoms with van der Waals surface area (Å²) in [7, 11) is 1.72. The Morgan fingerprint density at radius 2 is 2.07 bits per heavy atom. The van der Waals surface area contributed by atoms with Gasteiger partial charge in [-0.1, -0.05) is 31.5 Å². The van der Waals surface area contributed by atoms with Crippen molar-refractivity contribution >= 4 is 29.2 Å². The van der Waals surface area contributed by atoms with Gasteiger partial charge in [-0.15, -0.1) is 0 Å². The topological polar surface area (TPSA) is 24.8 Å². The van der Waals surface area contributed by atoms with Crippen LogP contribution >= 0.6 is 11.6 Å². The molecule has 0 radical (unpaired) electrons. The molecule has 2 aromatic carbocycles. The summed E-state index contributed by atoms with van der Waals surface area (Å²) in [5.41, 5.74) is 4.64. The lowest BCUT2D eigenvalue weighted by Crippen LogP contribution is -2.48. The van der Waals surface area contributed by atoms with Crippen LogP contribution < -0.4 is 9.64 Å². The second-order valence-electron chi connectivity index (χ2n) is 7.96. The Morgan fingerprint density at radius 1 is 1.30 bits per heavy atom. The Hall–Kier alpha value is -2.00. The summed E-state index contributed by atoms with van der Waals surface area (Å²) in [6.45, 7) is 10.3. The van der Waals surface area contributed by atoms with Gasteiger partial charge in [0.2, 0.25) is 0 Å². The van der Waals surface area contributed by atoms with Gasteiger partial charge in [-0.25, -0.2) is 0 Å². The van der Waals surface area contributed by atoms with E-state index in [2.05, 4.69) is 49.7 Å². The van der Waals surface area contributed by atoms with Crippen LogP contribution in [0.3, 0.4) is 0 Å². The molecule has 0 saturated carbocycles. The number of fused-ring (bicyclic) bond motifs is 1. The Morgan fingerprint density at radius 3 is 2.74 bits per heavy atom. The first-order chi connectivity index (χ1) is 12.9. The molecule has 144 valence electrons. The smallest absolute Gasteiger partial charge is 0.129 e. The summed E-state index contributed by atoms with van der Waals surface area (Å²) in [6.07, 6.45) is 4.14. The molecule has 1 unspecified atom stereocenters. The van der Waals surface area contributed by atoms with Gasteiger partial charge in [-0.05, 0) is 62.4 Å². The van der Waals surface area contributed by atoms with Crippen molar-refractivity contribution in [3.63, 3.8) is 0 Å². The lowest BCUT2D eigenvalue weighted by molar-refractivity contribution is 0.372. The molecule has 0 N–H and O–H groups in total. The zero-order chi connectivity index (χ0) is 19.6. The van der Waals surface area contributed by atoms with Crippen molar-refractivity contribution in [2.24, 2.45) is 4.99 Å². The second-order valence-corrected chi connectivity index (χ2v) is 8.40. The molecular formula is C23H29ClN2O. The van der Waals surface area contributed by atoms with E-state index in [4.69, 9.17) is 16.3 Å². The van der Waals surface area contributed by atoms with Crippen molar-refractivity contribution in [1.29, 1.82) is 0 Å². The minimum absolute atomic E-state index is 0.143. The van der Waals surface area contributed by atoms with Gasteiger partial charge in [-0.3, -0.25) is 4.99 Å². The molecule has 1 aliphatic heterocycles. The average Bonchev–Trinajstić information content (AvgIpc) is 2.62. The van der Waals surface area contributed by atoms with Crippen LogP contribution in [0.4, 0.5) is 11.4 Å². The number of methoxy groups -OCH3 is 1. The summed E-state index contributed by atoms with van der Waals surface area (Å²) >= 11 is 6.07. The van der Waals surface area contributed by atoms with Gasteiger partial charge in [0.1, 0.15) is 5.75 Å². The van der Waals surface area contributed by atoms with Crippen LogP contribution in [0.5, 0.6) is 5.75 Å². The second kappa shape index (κ2) is 7.93. The minimum Gasteiger partial charge on any atom is -0.496 e. The molecular weight excluding hydrogens is 356 g/mol. The summed E-state index contributed by atoms with van der Waals surface area (Å²) in [4.78, 5) is 7.13. The molecule has 1 atom stereocenters. The highest BCUT2D eigenvalue weighted by Crippen LogP contribution is 2.45. The zero-order valence-corrected chi connectivity index (χ0v) is 17.7. The quantitative estimate of drug-likeness (QED) is 0.542. The van der Waals surface area contributed by atoms with Gasteiger partial charge in [0.15, 0.2) is 0 Å². The standard InChI is InChI=1S/C23H29ClN2O/c1-6-10-26-21-13-22(27-5)17(11-20(21)16(2)14-23(26,3)4)15-25-19-9-7-8-18(24)12-19/h7-9,11-13,15-16H,6,10,14H2,1-5H3. The van der Waals surface area contributed by atoms with Gasteiger partial charge in [0.05, 0.1) is 12.8 Å². The first-order valence-corrected chi connectivity index (χ1v) is 10.0. The molecule has 0 aliphatic carbocycles. The van der Waals surface area contributed by atoms with Crippen LogP contribution in [-0.4, -0.2) is 25.4 Å². The number of hydrogen-bond donors (Lipinski definition) is 0. The molecule has 3 rings (SSSR count). The Labute approximate surface area is 168 Å². The van der Waals surface area contributed by atoms with Crippen molar-refractivity contribution in [2.45, 2.75) is 52.0 Å². The van der Waals surface area contributed by atoms with E-state index in [1.807, 2.05) is 30.5 Å². The molecule has 3 nitrogen and oxygen atoms in total. The number of hydrogen-bond acceptors (Lipinski definition) is 3. The predicted octanol–water partition coefficient (Wildman–Crippen LogP) is 6.60. The highest BCUT2D eigenvalue weighted by atomic mass is 35.5. The number of benzene rings is 2. The normalized spacial score (nSPS) is 18.6. The predicted molar refractivity (Wildman–Crippen MR) is 116 cm³/mol. The molecule has 0 bridgehead atoms. The van der Waals surface area contributed by atoms with Crippen LogP contribution in [0.25, 0.3) is 0 Å². The number of anilines is 1. The molecule has 0 fully saturated rings. The van der Waals surface area contributed by atoms with E-state index in [1.54, 1.807) is 7.11 Å². The monoisotopic (exact) mass is 384 g/mol. The van der Waals surface area contributed by atoms with Gasteiger partial charge in [0, 0.05) is 40.6 Å². The van der Waals surface area contributed by atoms with Gasteiger partial charge < -0.3 is 9.64 Å². The van der Waals surface area contributed by atoms with Crippen molar-refractivity contribution in [2.75, 3.05) is 18.6 Å². The van der Waals surface area contributed by atoms with Gasteiger partial charge in [0.25, 0.3) is 0 Å². The summed E-state index contributed by atoms with van der Waals surface area (Å²) < 4.78 is 5.71. The lowest BCUT2D eigenvalue weighted by atomic mass is 9.79. The Bertz CT molecular complexity index is 844. The number of halogens is 1. The van der Waals surface area contributed by atoms with E-state index in [9.17, 15) is 0 Å². The molecule has 2 aromatic rings.